The van der Waals surface area contributed by atoms with Crippen molar-refractivity contribution in [1.29, 1.82) is 0 Å². The summed E-state index contributed by atoms with van der Waals surface area (Å²) in [4.78, 5) is 11.9. The molecule has 3 nitrogen and oxygen atoms in total. The Labute approximate surface area is 133 Å². The maximum absolute atomic E-state index is 11.9. The molecule has 4 aliphatic carbocycles. The lowest BCUT2D eigenvalue weighted by Gasteiger charge is -2.63. The van der Waals surface area contributed by atoms with E-state index in [0.29, 0.717) is 30.6 Å². The van der Waals surface area contributed by atoms with Crippen LogP contribution in [-0.4, -0.2) is 27.7 Å². The predicted molar refractivity (Wildman–Crippen MR) is 84.2 cm³/mol. The van der Waals surface area contributed by atoms with Crippen molar-refractivity contribution in [2.75, 3.05) is 0 Å². The third-order valence-corrected chi connectivity index (χ3v) is 8.57. The molecule has 4 fully saturated rings. The Morgan fingerprint density at radius 3 is 2.55 bits per heavy atom. The van der Waals surface area contributed by atoms with Crippen molar-refractivity contribution in [3.05, 3.63) is 0 Å². The Morgan fingerprint density at radius 1 is 1.00 bits per heavy atom. The van der Waals surface area contributed by atoms with Gasteiger partial charge in [0.2, 0.25) is 0 Å². The van der Waals surface area contributed by atoms with E-state index >= 15 is 0 Å². The molecule has 0 aromatic rings. The highest BCUT2D eigenvalue weighted by Gasteiger charge is 2.64. The minimum Gasteiger partial charge on any atom is -0.393 e. The molecule has 4 saturated carbocycles. The second kappa shape index (κ2) is 4.57. The molecule has 124 valence electrons. The largest absolute Gasteiger partial charge is 0.393 e. The van der Waals surface area contributed by atoms with E-state index in [-0.39, 0.29) is 22.7 Å². The maximum Gasteiger partial charge on any atom is 0.135 e. The highest BCUT2D eigenvalue weighted by Crippen LogP contribution is 2.66. The molecule has 0 aromatic carbocycles. The summed E-state index contributed by atoms with van der Waals surface area (Å²) < 4.78 is 0. The van der Waals surface area contributed by atoms with Gasteiger partial charge in [-0.25, -0.2) is 0 Å². The van der Waals surface area contributed by atoms with Gasteiger partial charge >= 0.3 is 0 Å². The van der Waals surface area contributed by atoms with Gasteiger partial charge in [0, 0.05) is 18.3 Å². The van der Waals surface area contributed by atoms with Crippen molar-refractivity contribution in [3.8, 4) is 0 Å². The van der Waals surface area contributed by atoms with Crippen molar-refractivity contribution in [2.45, 2.75) is 83.3 Å². The summed E-state index contributed by atoms with van der Waals surface area (Å²) in [7, 11) is 0. The van der Waals surface area contributed by atoms with Crippen LogP contribution < -0.4 is 0 Å². The van der Waals surface area contributed by atoms with E-state index in [1.54, 1.807) is 0 Å². The lowest BCUT2D eigenvalue weighted by Crippen LogP contribution is -2.62. The van der Waals surface area contributed by atoms with Gasteiger partial charge in [-0.1, -0.05) is 13.8 Å². The van der Waals surface area contributed by atoms with Gasteiger partial charge in [-0.3, -0.25) is 4.79 Å². The zero-order valence-electron chi connectivity index (χ0n) is 14.0. The van der Waals surface area contributed by atoms with Crippen LogP contribution in [0.4, 0.5) is 0 Å². The molecule has 22 heavy (non-hydrogen) atoms. The third-order valence-electron chi connectivity index (χ3n) is 8.57. The van der Waals surface area contributed by atoms with Crippen LogP contribution in [0.25, 0.3) is 0 Å². The lowest BCUT2D eigenvalue weighted by molar-refractivity contribution is -0.205. The quantitative estimate of drug-likeness (QED) is 0.723. The first-order valence-electron chi connectivity index (χ1n) is 9.22. The smallest absolute Gasteiger partial charge is 0.135 e. The average Bonchev–Trinajstić information content (AvgIpc) is 2.76. The third kappa shape index (κ3) is 1.73. The van der Waals surface area contributed by atoms with E-state index in [0.717, 1.165) is 44.9 Å². The lowest BCUT2D eigenvalue weighted by atomic mass is 9.43. The van der Waals surface area contributed by atoms with Gasteiger partial charge < -0.3 is 10.2 Å². The number of Topliss-reactive ketones (excluding diaryl/α,β-unsaturated/α-hetero) is 1. The molecule has 7 atom stereocenters. The number of rotatable bonds is 0. The minimum absolute atomic E-state index is 0.0947. The summed E-state index contributed by atoms with van der Waals surface area (Å²) >= 11 is 0. The van der Waals surface area contributed by atoms with E-state index in [2.05, 4.69) is 13.8 Å². The molecule has 0 saturated heterocycles. The number of hydrogen-bond acceptors (Lipinski definition) is 3. The summed E-state index contributed by atoms with van der Waals surface area (Å²) in [6.45, 7) is 4.55. The van der Waals surface area contributed by atoms with Crippen molar-refractivity contribution in [3.63, 3.8) is 0 Å². The van der Waals surface area contributed by atoms with Crippen LogP contribution >= 0.6 is 0 Å². The monoisotopic (exact) mass is 306 g/mol. The topological polar surface area (TPSA) is 57.5 Å². The second-order valence-electron chi connectivity index (χ2n) is 9.22. The number of carbonyl (C=O) groups is 1. The van der Waals surface area contributed by atoms with Gasteiger partial charge in [0.25, 0.3) is 0 Å². The molecule has 3 heteroatoms. The molecular weight excluding hydrogens is 276 g/mol. The molecule has 0 spiro atoms. The molecule has 0 heterocycles. The van der Waals surface area contributed by atoms with Crippen LogP contribution in [0.5, 0.6) is 0 Å². The van der Waals surface area contributed by atoms with Crippen LogP contribution in [0.3, 0.4) is 0 Å². The van der Waals surface area contributed by atoms with Crippen molar-refractivity contribution in [2.24, 2.45) is 28.6 Å². The average molecular weight is 306 g/mol. The van der Waals surface area contributed by atoms with Crippen LogP contribution in [0.1, 0.15) is 71.6 Å². The molecule has 0 radical (unpaired) electrons. The fourth-order valence-corrected chi connectivity index (χ4v) is 7.01. The first-order chi connectivity index (χ1) is 10.3. The molecule has 0 aromatic heterocycles. The predicted octanol–water partition coefficient (Wildman–Crippen LogP) is 3.07. The van der Waals surface area contributed by atoms with Gasteiger partial charge in [-0.15, -0.1) is 0 Å². The Kier molecular flexibility index (Phi) is 3.14. The van der Waals surface area contributed by atoms with E-state index < -0.39 is 5.60 Å². The molecule has 4 rings (SSSR count). The Bertz CT molecular complexity index is 503. The van der Waals surface area contributed by atoms with Crippen molar-refractivity contribution in [1.82, 2.24) is 0 Å². The number of carbonyl (C=O) groups excluding carboxylic acids is 1. The summed E-state index contributed by atoms with van der Waals surface area (Å²) in [6.07, 6.45) is 7.84. The van der Waals surface area contributed by atoms with Gasteiger partial charge in [0.1, 0.15) is 5.78 Å². The van der Waals surface area contributed by atoms with Crippen LogP contribution in [0.2, 0.25) is 0 Å². The molecule has 2 N–H and O–H groups in total. The molecule has 0 aliphatic heterocycles. The molecule has 0 amide bonds. The zero-order valence-corrected chi connectivity index (χ0v) is 14.0. The first-order valence-corrected chi connectivity index (χ1v) is 9.22. The summed E-state index contributed by atoms with van der Waals surface area (Å²) in [5.74, 6) is 2.02. The second-order valence-corrected chi connectivity index (χ2v) is 9.22. The molecule has 0 bridgehead atoms. The molecule has 1 unspecified atom stereocenters. The highest BCUT2D eigenvalue weighted by atomic mass is 16.3. The molecule has 4 aliphatic rings. The molecular formula is C19H30O3. The SMILES string of the molecule is C[C@]12CC[C@H]3[C@@H](CCC4(O)CC(=O)CC[C@]34C)[C@@H]1CC[C@@H]2O. The van der Waals surface area contributed by atoms with Crippen LogP contribution in [0, 0.1) is 28.6 Å². The van der Waals surface area contributed by atoms with Crippen molar-refractivity contribution >= 4 is 5.78 Å². The zero-order chi connectivity index (χ0) is 15.8. The minimum atomic E-state index is -0.769. The van der Waals surface area contributed by atoms with Gasteiger partial charge in [-0.05, 0) is 68.1 Å². The summed E-state index contributed by atoms with van der Waals surface area (Å²) in [6, 6.07) is 0. The standard InChI is InChI=1S/C19H30O3/c1-17-8-7-15-13(14(17)3-4-16(17)21)6-10-19(22)11-12(20)5-9-18(15,19)2/h13-16,21-22H,3-11H2,1-2H3/t13-,14-,15-,16-,17-,18+,19?/m0/s1. The Morgan fingerprint density at radius 2 is 1.77 bits per heavy atom. The summed E-state index contributed by atoms with van der Waals surface area (Å²) in [5.41, 5.74) is -0.773. The Balaban J connectivity index is 1.68. The normalized spacial score (nSPS) is 57.9. The van der Waals surface area contributed by atoms with E-state index in [4.69, 9.17) is 0 Å². The van der Waals surface area contributed by atoms with Gasteiger partial charge in [-0.2, -0.15) is 0 Å². The fraction of sp³-hybridized carbons (Fsp3) is 0.947. The maximum atomic E-state index is 11.9. The number of aliphatic hydroxyl groups excluding tert-OH is 1. The van der Waals surface area contributed by atoms with Gasteiger partial charge in [0.05, 0.1) is 11.7 Å². The first kappa shape index (κ1) is 15.1. The number of hydrogen-bond donors (Lipinski definition) is 2. The van der Waals surface area contributed by atoms with Crippen LogP contribution in [-0.2, 0) is 4.79 Å². The number of aliphatic hydroxyl groups is 2. The van der Waals surface area contributed by atoms with E-state index in [9.17, 15) is 15.0 Å². The fourth-order valence-electron chi connectivity index (χ4n) is 7.01. The van der Waals surface area contributed by atoms with E-state index in [1.807, 2.05) is 0 Å². The van der Waals surface area contributed by atoms with Gasteiger partial charge in [0.15, 0.2) is 0 Å². The van der Waals surface area contributed by atoms with Crippen molar-refractivity contribution < 1.29 is 15.0 Å². The summed E-state index contributed by atoms with van der Waals surface area (Å²) in [5, 5.41) is 21.7. The van der Waals surface area contributed by atoms with E-state index in [1.165, 1.54) is 0 Å². The Hall–Kier alpha value is -0.410. The highest BCUT2D eigenvalue weighted by molar-refractivity contribution is 5.80. The number of fused-ring (bicyclic) bond motifs is 5. The van der Waals surface area contributed by atoms with Crippen LogP contribution in [0.15, 0.2) is 0 Å². The number of ketones is 1.